The molecule has 1 aliphatic heterocycles. The standard InChI is InChI=1S/C19H21ClN2O/c1-3-22(4-2)18-17(13-8-6-5-7-9-13)15-12-14(20)10-11-16(15)21-19(18)23/h5-12,17-18H,3-4H2,1-2H3,(H,21,23)/p+1/t17-,18-/m0/s1. The number of fused-ring (bicyclic) bond motifs is 1. The molecule has 1 aliphatic rings. The average molecular weight is 330 g/mol. The molecule has 2 atom stereocenters. The predicted octanol–water partition coefficient (Wildman–Crippen LogP) is 2.72. The first-order valence-electron chi connectivity index (χ1n) is 8.15. The van der Waals surface area contributed by atoms with Crippen LogP contribution in [0, 0.1) is 0 Å². The summed E-state index contributed by atoms with van der Waals surface area (Å²) < 4.78 is 0. The average Bonchev–Trinajstić information content (AvgIpc) is 2.57. The Balaban J connectivity index is 2.17. The van der Waals surface area contributed by atoms with Crippen LogP contribution < -0.4 is 10.2 Å². The van der Waals surface area contributed by atoms with Gasteiger partial charge in [-0.1, -0.05) is 41.9 Å². The van der Waals surface area contributed by atoms with E-state index < -0.39 is 0 Å². The Kier molecular flexibility index (Phi) is 4.69. The first-order valence-corrected chi connectivity index (χ1v) is 8.53. The predicted molar refractivity (Wildman–Crippen MR) is 94.2 cm³/mol. The van der Waals surface area contributed by atoms with Gasteiger partial charge in [-0.25, -0.2) is 0 Å². The minimum atomic E-state index is -0.140. The number of quaternary nitrogens is 1. The number of carbonyl (C=O) groups is 1. The van der Waals surface area contributed by atoms with Crippen molar-refractivity contribution in [2.75, 3.05) is 18.4 Å². The molecule has 3 nitrogen and oxygen atoms in total. The van der Waals surface area contributed by atoms with Crippen LogP contribution in [0.5, 0.6) is 0 Å². The second kappa shape index (κ2) is 6.73. The van der Waals surface area contributed by atoms with Crippen molar-refractivity contribution in [3.05, 3.63) is 64.7 Å². The van der Waals surface area contributed by atoms with Crippen molar-refractivity contribution < 1.29 is 9.69 Å². The molecule has 0 saturated heterocycles. The second-order valence-corrected chi connectivity index (χ2v) is 6.39. The van der Waals surface area contributed by atoms with Gasteiger partial charge in [0, 0.05) is 10.7 Å². The summed E-state index contributed by atoms with van der Waals surface area (Å²) in [6, 6.07) is 15.8. The van der Waals surface area contributed by atoms with Crippen LogP contribution >= 0.6 is 11.6 Å². The van der Waals surface area contributed by atoms with Crippen LogP contribution in [0.2, 0.25) is 5.02 Å². The zero-order chi connectivity index (χ0) is 16.4. The molecule has 0 saturated carbocycles. The summed E-state index contributed by atoms with van der Waals surface area (Å²) in [4.78, 5) is 14.1. The highest BCUT2D eigenvalue weighted by molar-refractivity contribution is 6.30. The number of carbonyl (C=O) groups excluding carboxylic acids is 1. The summed E-state index contributed by atoms with van der Waals surface area (Å²) in [6.45, 7) is 6.07. The Morgan fingerprint density at radius 2 is 1.78 bits per heavy atom. The Morgan fingerprint density at radius 1 is 1.09 bits per heavy atom. The monoisotopic (exact) mass is 329 g/mol. The van der Waals surface area contributed by atoms with Crippen LogP contribution in [-0.4, -0.2) is 25.0 Å². The SMILES string of the molecule is CC[NH+](CC)[C@@H]1C(=O)Nc2ccc(Cl)cc2[C@@H]1c1ccccc1. The molecule has 23 heavy (non-hydrogen) atoms. The number of benzene rings is 2. The van der Waals surface area contributed by atoms with Crippen molar-refractivity contribution in [3.8, 4) is 0 Å². The van der Waals surface area contributed by atoms with E-state index in [0.717, 1.165) is 29.9 Å². The molecule has 0 aliphatic carbocycles. The van der Waals surface area contributed by atoms with Gasteiger partial charge in [0.1, 0.15) is 0 Å². The van der Waals surface area contributed by atoms with E-state index in [1.807, 2.05) is 36.4 Å². The number of anilines is 1. The lowest BCUT2D eigenvalue weighted by atomic mass is 9.80. The van der Waals surface area contributed by atoms with E-state index in [-0.39, 0.29) is 17.9 Å². The minimum absolute atomic E-state index is 0.0218. The van der Waals surface area contributed by atoms with Gasteiger partial charge in [0.05, 0.1) is 19.0 Å². The third kappa shape index (κ3) is 2.99. The lowest BCUT2D eigenvalue weighted by Gasteiger charge is -2.37. The third-order valence-electron chi connectivity index (χ3n) is 4.73. The topological polar surface area (TPSA) is 33.5 Å². The van der Waals surface area contributed by atoms with E-state index in [4.69, 9.17) is 11.6 Å². The maximum absolute atomic E-state index is 12.8. The van der Waals surface area contributed by atoms with E-state index in [1.165, 1.54) is 4.90 Å². The van der Waals surface area contributed by atoms with Crippen LogP contribution in [0.4, 0.5) is 5.69 Å². The Morgan fingerprint density at radius 3 is 2.43 bits per heavy atom. The summed E-state index contributed by atoms with van der Waals surface area (Å²) in [5.41, 5.74) is 3.14. The van der Waals surface area contributed by atoms with Crippen molar-refractivity contribution in [1.82, 2.24) is 0 Å². The van der Waals surface area contributed by atoms with Gasteiger partial charge in [-0.15, -0.1) is 0 Å². The largest absolute Gasteiger partial charge is 0.324 e. The van der Waals surface area contributed by atoms with E-state index in [1.54, 1.807) is 0 Å². The lowest BCUT2D eigenvalue weighted by Crippen LogP contribution is -3.17. The molecule has 2 N–H and O–H groups in total. The van der Waals surface area contributed by atoms with Crippen LogP contribution in [-0.2, 0) is 4.79 Å². The van der Waals surface area contributed by atoms with Gasteiger partial charge in [0.25, 0.3) is 5.91 Å². The lowest BCUT2D eigenvalue weighted by molar-refractivity contribution is -0.913. The fraction of sp³-hybridized carbons (Fsp3) is 0.316. The number of likely N-dealkylation sites (N-methyl/N-ethyl adjacent to an activating group) is 1. The van der Waals surface area contributed by atoms with Gasteiger partial charge in [0.2, 0.25) is 0 Å². The highest BCUT2D eigenvalue weighted by atomic mass is 35.5. The van der Waals surface area contributed by atoms with Gasteiger partial charge in [-0.3, -0.25) is 4.79 Å². The molecule has 4 heteroatoms. The summed E-state index contributed by atoms with van der Waals surface area (Å²) in [7, 11) is 0. The molecule has 0 radical (unpaired) electrons. The van der Waals surface area contributed by atoms with Gasteiger partial charge in [-0.2, -0.15) is 0 Å². The second-order valence-electron chi connectivity index (χ2n) is 5.95. The molecule has 2 aromatic rings. The number of halogens is 1. The van der Waals surface area contributed by atoms with Crippen molar-refractivity contribution in [1.29, 1.82) is 0 Å². The first-order chi connectivity index (χ1) is 11.2. The smallest absolute Gasteiger partial charge is 0.283 e. The van der Waals surface area contributed by atoms with Gasteiger partial charge >= 0.3 is 0 Å². The Bertz CT molecular complexity index is 698. The molecule has 2 aromatic carbocycles. The number of amides is 1. The van der Waals surface area contributed by atoms with Crippen LogP contribution in [0.15, 0.2) is 48.5 Å². The van der Waals surface area contributed by atoms with Crippen molar-refractivity contribution in [2.45, 2.75) is 25.8 Å². The maximum atomic E-state index is 12.8. The maximum Gasteiger partial charge on any atom is 0.283 e. The minimum Gasteiger partial charge on any atom is -0.324 e. The first kappa shape index (κ1) is 16.0. The summed E-state index contributed by atoms with van der Waals surface area (Å²) in [5.74, 6) is 0.112. The molecule has 1 amide bonds. The number of nitrogens with one attached hydrogen (secondary N) is 2. The zero-order valence-corrected chi connectivity index (χ0v) is 14.2. The van der Waals surface area contributed by atoms with Crippen LogP contribution in [0.25, 0.3) is 0 Å². The molecular formula is C19H22ClN2O+. The molecule has 0 bridgehead atoms. The molecule has 1 heterocycles. The number of rotatable bonds is 4. The van der Waals surface area contributed by atoms with E-state index >= 15 is 0 Å². The Labute approximate surface area is 142 Å². The summed E-state index contributed by atoms with van der Waals surface area (Å²) >= 11 is 6.24. The molecule has 0 fully saturated rings. The fourth-order valence-electron chi connectivity index (χ4n) is 3.59. The highest BCUT2D eigenvalue weighted by Gasteiger charge is 2.42. The zero-order valence-electron chi connectivity index (χ0n) is 13.5. The van der Waals surface area contributed by atoms with Crippen molar-refractivity contribution >= 4 is 23.2 Å². The fourth-order valence-corrected chi connectivity index (χ4v) is 3.77. The molecule has 0 spiro atoms. The highest BCUT2D eigenvalue weighted by Crippen LogP contribution is 2.37. The van der Waals surface area contributed by atoms with Gasteiger partial charge in [0.15, 0.2) is 6.04 Å². The quantitative estimate of drug-likeness (QED) is 0.888. The van der Waals surface area contributed by atoms with Crippen LogP contribution in [0.3, 0.4) is 0 Å². The number of hydrogen-bond acceptors (Lipinski definition) is 1. The van der Waals surface area contributed by atoms with Crippen molar-refractivity contribution in [3.63, 3.8) is 0 Å². The third-order valence-corrected chi connectivity index (χ3v) is 4.96. The van der Waals surface area contributed by atoms with E-state index in [9.17, 15) is 4.79 Å². The van der Waals surface area contributed by atoms with E-state index in [2.05, 4.69) is 31.3 Å². The number of hydrogen-bond donors (Lipinski definition) is 2. The van der Waals surface area contributed by atoms with Crippen LogP contribution in [0.1, 0.15) is 30.9 Å². The summed E-state index contributed by atoms with van der Waals surface area (Å²) in [6.07, 6.45) is 0. The molecule has 120 valence electrons. The molecular weight excluding hydrogens is 308 g/mol. The van der Waals surface area contributed by atoms with Gasteiger partial charge < -0.3 is 10.2 Å². The molecule has 0 unspecified atom stereocenters. The van der Waals surface area contributed by atoms with Crippen molar-refractivity contribution in [2.24, 2.45) is 0 Å². The molecule has 3 rings (SSSR count). The van der Waals surface area contributed by atoms with E-state index in [0.29, 0.717) is 5.02 Å². The Hall–Kier alpha value is -1.84. The molecule has 0 aromatic heterocycles. The van der Waals surface area contributed by atoms with Gasteiger partial charge in [-0.05, 0) is 43.2 Å². The normalized spacial score (nSPS) is 20.3. The summed E-state index contributed by atoms with van der Waals surface area (Å²) in [5, 5.41) is 3.77.